The molecule has 0 saturated carbocycles. The van der Waals surface area contributed by atoms with Gasteiger partial charge in [0, 0.05) is 16.8 Å². The van der Waals surface area contributed by atoms with Crippen LogP contribution in [0.2, 0.25) is 0 Å². The molecule has 0 fully saturated rings. The maximum absolute atomic E-state index is 13.0. The highest BCUT2D eigenvalue weighted by atomic mass is 32.2. The maximum atomic E-state index is 13.0. The first-order chi connectivity index (χ1) is 17.3. The zero-order chi connectivity index (χ0) is 25.7. The summed E-state index contributed by atoms with van der Waals surface area (Å²) < 4.78 is 34.5. The lowest BCUT2D eigenvalue weighted by molar-refractivity contribution is 0.101. The molecule has 0 unspecified atom stereocenters. The minimum atomic E-state index is -3.89. The molecule has 0 radical (unpaired) electrons. The van der Waals surface area contributed by atoms with Crippen LogP contribution in [0.5, 0.6) is 11.5 Å². The zero-order valence-electron chi connectivity index (χ0n) is 19.7. The Morgan fingerprint density at radius 1 is 1.11 bits per heavy atom. The van der Waals surface area contributed by atoms with Crippen LogP contribution in [0.1, 0.15) is 41.8 Å². The number of nitrogens with zero attached hydrogens (tertiary/aromatic N) is 3. The van der Waals surface area contributed by atoms with E-state index in [1.54, 1.807) is 48.5 Å². The summed E-state index contributed by atoms with van der Waals surface area (Å²) in [6.45, 7) is 3.51. The molecule has 36 heavy (non-hydrogen) atoms. The molecular weight excluding hydrogens is 482 g/mol. The van der Waals surface area contributed by atoms with E-state index in [0.717, 1.165) is 6.42 Å². The first-order valence-corrected chi connectivity index (χ1v) is 12.7. The molecule has 3 N–H and O–H groups in total. The predicted molar refractivity (Wildman–Crippen MR) is 133 cm³/mol. The fourth-order valence-corrected chi connectivity index (χ4v) is 4.81. The second kappa shape index (κ2) is 10.6. The molecule has 0 bridgehead atoms. The number of carbonyl (C=O) groups excluding carboxylic acids is 1. The number of aromatic hydroxyl groups is 1. The number of ketones is 1. The summed E-state index contributed by atoms with van der Waals surface area (Å²) in [6.07, 6.45) is 1.31. The Bertz CT molecular complexity index is 1490. The van der Waals surface area contributed by atoms with Gasteiger partial charge in [-0.15, -0.1) is 10.2 Å². The van der Waals surface area contributed by atoms with Gasteiger partial charge in [-0.1, -0.05) is 37.6 Å². The normalized spacial score (nSPS) is 11.3. The van der Waals surface area contributed by atoms with E-state index in [2.05, 4.69) is 25.3 Å². The number of sulfonamides is 1. The molecule has 0 saturated heterocycles. The largest absolute Gasteiger partial charge is 0.507 e. The summed E-state index contributed by atoms with van der Waals surface area (Å²) in [5, 5.41) is 24.1. The number of aromatic nitrogens is 4. The van der Waals surface area contributed by atoms with Gasteiger partial charge in [-0.2, -0.15) is 5.21 Å². The van der Waals surface area contributed by atoms with Crippen LogP contribution in [0, 0.1) is 0 Å². The number of carbonyl (C=O) groups is 1. The molecule has 11 heteroatoms. The zero-order valence-corrected chi connectivity index (χ0v) is 20.5. The third-order valence-electron chi connectivity index (χ3n) is 5.44. The van der Waals surface area contributed by atoms with Gasteiger partial charge < -0.3 is 9.84 Å². The summed E-state index contributed by atoms with van der Waals surface area (Å²) in [7, 11) is -3.89. The van der Waals surface area contributed by atoms with E-state index in [9.17, 15) is 18.3 Å². The van der Waals surface area contributed by atoms with E-state index in [1.165, 1.54) is 19.1 Å². The van der Waals surface area contributed by atoms with Crippen LogP contribution in [0.3, 0.4) is 0 Å². The van der Waals surface area contributed by atoms with Crippen LogP contribution in [-0.4, -0.2) is 39.9 Å². The van der Waals surface area contributed by atoms with Crippen molar-refractivity contribution in [3.8, 4) is 22.9 Å². The van der Waals surface area contributed by atoms with Crippen LogP contribution in [0.15, 0.2) is 65.6 Å². The van der Waals surface area contributed by atoms with Crippen LogP contribution >= 0.6 is 0 Å². The van der Waals surface area contributed by atoms with Crippen molar-refractivity contribution in [1.29, 1.82) is 0 Å². The number of tetrazole rings is 1. The van der Waals surface area contributed by atoms with Gasteiger partial charge in [0.1, 0.15) is 18.1 Å². The Morgan fingerprint density at radius 3 is 2.64 bits per heavy atom. The standard InChI is InChI=1S/C25H25N5O5S/c1-3-6-22-23(12-11-21(16(2)31)24(22)32)35-15-17-7-4-9-19(13-17)28-36(33,34)20-10-5-8-18(14-20)25-26-29-30-27-25/h4-5,7-14,28,32H,3,6,15H2,1-2H3,(H,26,27,29,30). The highest BCUT2D eigenvalue weighted by molar-refractivity contribution is 7.92. The third kappa shape index (κ3) is 5.52. The number of rotatable bonds is 10. The number of benzene rings is 3. The number of phenols is 1. The molecule has 4 aromatic rings. The van der Waals surface area contributed by atoms with Crippen molar-refractivity contribution in [3.63, 3.8) is 0 Å². The number of anilines is 1. The maximum Gasteiger partial charge on any atom is 0.261 e. The Kier molecular flexibility index (Phi) is 7.30. The highest BCUT2D eigenvalue weighted by Crippen LogP contribution is 2.33. The summed E-state index contributed by atoms with van der Waals surface area (Å²) in [6, 6.07) is 16.3. The average Bonchev–Trinajstić information content (AvgIpc) is 3.39. The lowest BCUT2D eigenvalue weighted by Gasteiger charge is -2.15. The quantitative estimate of drug-likeness (QED) is 0.272. The first kappa shape index (κ1) is 24.9. The lowest BCUT2D eigenvalue weighted by Crippen LogP contribution is -2.13. The second-order valence-electron chi connectivity index (χ2n) is 8.10. The minimum Gasteiger partial charge on any atom is -0.507 e. The molecule has 0 aliphatic rings. The van der Waals surface area contributed by atoms with Gasteiger partial charge in [0.2, 0.25) is 5.82 Å². The Labute approximate surface area is 208 Å². The van der Waals surface area contributed by atoms with Gasteiger partial charge in [-0.3, -0.25) is 9.52 Å². The molecule has 0 atom stereocenters. The highest BCUT2D eigenvalue weighted by Gasteiger charge is 2.18. The molecule has 0 spiro atoms. The fourth-order valence-electron chi connectivity index (χ4n) is 3.71. The van der Waals surface area contributed by atoms with Crippen molar-refractivity contribution < 1.29 is 23.1 Å². The summed E-state index contributed by atoms with van der Waals surface area (Å²) >= 11 is 0. The van der Waals surface area contributed by atoms with Crippen LogP contribution in [0.25, 0.3) is 11.4 Å². The topological polar surface area (TPSA) is 147 Å². The second-order valence-corrected chi connectivity index (χ2v) is 9.78. The molecule has 3 aromatic carbocycles. The minimum absolute atomic E-state index is 0.0525. The predicted octanol–water partition coefficient (Wildman–Crippen LogP) is 4.11. The Balaban J connectivity index is 1.51. The number of H-pyrrole nitrogens is 1. The van der Waals surface area contributed by atoms with Gasteiger partial charge >= 0.3 is 0 Å². The molecule has 0 amide bonds. The van der Waals surface area contributed by atoms with E-state index in [0.29, 0.717) is 34.5 Å². The Hall–Kier alpha value is -4.25. The number of ether oxygens (including phenoxy) is 1. The van der Waals surface area contributed by atoms with Crippen molar-refractivity contribution >= 4 is 21.5 Å². The van der Waals surface area contributed by atoms with Crippen molar-refractivity contribution in [3.05, 3.63) is 77.4 Å². The van der Waals surface area contributed by atoms with E-state index in [1.807, 2.05) is 6.92 Å². The molecule has 186 valence electrons. The number of hydrogen-bond acceptors (Lipinski definition) is 8. The fraction of sp³-hybridized carbons (Fsp3) is 0.200. The number of Topliss-reactive ketones (excluding diaryl/α,β-unsaturated/α-hetero) is 1. The van der Waals surface area contributed by atoms with Crippen molar-refractivity contribution in [2.45, 2.75) is 38.2 Å². The monoisotopic (exact) mass is 507 g/mol. The van der Waals surface area contributed by atoms with Gasteiger partial charge in [0.05, 0.1) is 10.5 Å². The van der Waals surface area contributed by atoms with E-state index >= 15 is 0 Å². The molecular formula is C25H25N5O5S. The number of nitrogens with one attached hydrogen (secondary N) is 2. The Morgan fingerprint density at radius 2 is 1.92 bits per heavy atom. The smallest absolute Gasteiger partial charge is 0.261 e. The molecule has 4 rings (SSSR count). The first-order valence-electron chi connectivity index (χ1n) is 11.2. The third-order valence-corrected chi connectivity index (χ3v) is 6.82. The van der Waals surface area contributed by atoms with E-state index in [4.69, 9.17) is 4.74 Å². The number of phenolic OH excluding ortho intramolecular Hbond substituents is 1. The van der Waals surface area contributed by atoms with Crippen molar-refractivity contribution in [2.75, 3.05) is 4.72 Å². The van der Waals surface area contributed by atoms with Crippen molar-refractivity contribution in [2.24, 2.45) is 0 Å². The van der Waals surface area contributed by atoms with Crippen LogP contribution in [0.4, 0.5) is 5.69 Å². The number of aromatic amines is 1. The molecule has 1 aromatic heterocycles. The van der Waals surface area contributed by atoms with E-state index in [-0.39, 0.29) is 34.4 Å². The molecule has 10 nitrogen and oxygen atoms in total. The molecule has 0 aliphatic carbocycles. The molecule has 0 aliphatic heterocycles. The van der Waals surface area contributed by atoms with Gasteiger partial charge in [-0.25, -0.2) is 8.42 Å². The van der Waals surface area contributed by atoms with Gasteiger partial charge in [0.15, 0.2) is 5.78 Å². The van der Waals surface area contributed by atoms with Gasteiger partial charge in [-0.05, 0) is 60.5 Å². The van der Waals surface area contributed by atoms with Crippen LogP contribution in [-0.2, 0) is 23.1 Å². The van der Waals surface area contributed by atoms with Crippen LogP contribution < -0.4 is 9.46 Å². The average molecular weight is 508 g/mol. The molecule has 1 heterocycles. The summed E-state index contributed by atoms with van der Waals surface area (Å²) in [5.41, 5.74) is 2.42. The summed E-state index contributed by atoms with van der Waals surface area (Å²) in [4.78, 5) is 11.8. The number of hydrogen-bond donors (Lipinski definition) is 3. The lowest BCUT2D eigenvalue weighted by atomic mass is 10.0. The summed E-state index contributed by atoms with van der Waals surface area (Å²) in [5.74, 6) is 0.477. The van der Waals surface area contributed by atoms with Gasteiger partial charge in [0.25, 0.3) is 10.0 Å². The van der Waals surface area contributed by atoms with Crippen molar-refractivity contribution in [1.82, 2.24) is 20.6 Å². The SMILES string of the molecule is CCCc1c(OCc2cccc(NS(=O)(=O)c3cccc(-c4nn[nH]n4)c3)c2)ccc(C(C)=O)c1O. The van der Waals surface area contributed by atoms with E-state index < -0.39 is 10.0 Å².